The van der Waals surface area contributed by atoms with Gasteiger partial charge in [0.15, 0.2) is 0 Å². The molecule has 0 radical (unpaired) electrons. The highest BCUT2D eigenvalue weighted by atomic mass is 16.1. The molecule has 0 saturated carbocycles. The second-order valence-electron chi connectivity index (χ2n) is 1.80. The zero-order valence-corrected chi connectivity index (χ0v) is 5.48. The lowest BCUT2D eigenvalue weighted by molar-refractivity contribution is -0.108. The number of hydrogen-bond donors (Lipinski definition) is 1. The largest absolute Gasteiger partial charge is 0.317 e. The van der Waals surface area contributed by atoms with Gasteiger partial charge in [0.05, 0.1) is 0 Å². The summed E-state index contributed by atoms with van der Waals surface area (Å²) in [6.07, 6.45) is 2.60. The molecule has 1 atom stereocenters. The summed E-state index contributed by atoms with van der Waals surface area (Å²) in [5.41, 5.74) is 0. The number of nitrogens with one attached hydrogen (secondary N) is 1. The van der Waals surface area contributed by atoms with E-state index in [0.29, 0.717) is 12.5 Å². The van der Waals surface area contributed by atoms with Crippen LogP contribution in [0, 0.1) is 0 Å². The Labute approximate surface area is 50.3 Å². The van der Waals surface area contributed by atoms with Gasteiger partial charge < -0.3 is 10.1 Å². The first kappa shape index (κ1) is 7.63. The highest BCUT2D eigenvalue weighted by Gasteiger charge is 1.98. The van der Waals surface area contributed by atoms with E-state index in [2.05, 4.69) is 12.2 Å². The topological polar surface area (TPSA) is 29.1 Å². The monoisotopic (exact) mass is 115 g/mol. The molecule has 0 aromatic rings. The van der Waals surface area contributed by atoms with Crippen molar-refractivity contribution in [3.05, 3.63) is 0 Å². The Morgan fingerprint density at radius 3 is 2.50 bits per heavy atom. The zero-order chi connectivity index (χ0) is 6.41. The third-order valence-corrected chi connectivity index (χ3v) is 1.28. The maximum absolute atomic E-state index is 9.89. The first-order valence-corrected chi connectivity index (χ1v) is 2.96. The van der Waals surface area contributed by atoms with Crippen molar-refractivity contribution in [1.82, 2.24) is 5.32 Å². The summed E-state index contributed by atoms with van der Waals surface area (Å²) in [7, 11) is 1.87. The van der Waals surface area contributed by atoms with E-state index in [1.807, 2.05) is 7.05 Å². The molecule has 0 aliphatic heterocycles. The van der Waals surface area contributed by atoms with Gasteiger partial charge in [0.25, 0.3) is 0 Å². The molecule has 0 bridgehead atoms. The van der Waals surface area contributed by atoms with Crippen molar-refractivity contribution in [1.29, 1.82) is 0 Å². The molecule has 2 heteroatoms. The summed E-state index contributed by atoms with van der Waals surface area (Å²) in [6, 6.07) is 0.382. The average molecular weight is 115 g/mol. The molecule has 48 valence electrons. The Kier molecular flexibility index (Phi) is 4.56. The van der Waals surface area contributed by atoms with Crippen LogP contribution < -0.4 is 5.32 Å². The highest BCUT2D eigenvalue weighted by molar-refractivity contribution is 5.50. The quantitative estimate of drug-likeness (QED) is 0.543. The van der Waals surface area contributed by atoms with Gasteiger partial charge in [-0.15, -0.1) is 0 Å². The predicted octanol–water partition coefficient (Wildman–Crippen LogP) is 0.573. The fraction of sp³-hybridized carbons (Fsp3) is 0.833. The van der Waals surface area contributed by atoms with E-state index in [1.54, 1.807) is 0 Å². The van der Waals surface area contributed by atoms with Crippen LogP contribution >= 0.6 is 0 Å². The Bertz CT molecular complexity index is 59.5. The molecule has 8 heavy (non-hydrogen) atoms. The zero-order valence-electron chi connectivity index (χ0n) is 5.48. The van der Waals surface area contributed by atoms with Crippen molar-refractivity contribution in [3.8, 4) is 0 Å². The minimum Gasteiger partial charge on any atom is -0.317 e. The molecule has 0 fully saturated rings. The fourth-order valence-electron chi connectivity index (χ4n) is 0.605. The van der Waals surface area contributed by atoms with Crippen LogP contribution in [0.15, 0.2) is 0 Å². The first-order chi connectivity index (χ1) is 3.85. The molecule has 0 amide bonds. The van der Waals surface area contributed by atoms with Gasteiger partial charge in [0, 0.05) is 12.5 Å². The van der Waals surface area contributed by atoms with Crippen molar-refractivity contribution in [2.24, 2.45) is 0 Å². The average Bonchev–Trinajstić information content (AvgIpc) is 1.83. The normalized spacial score (nSPS) is 13.2. The van der Waals surface area contributed by atoms with E-state index in [-0.39, 0.29) is 0 Å². The molecular formula is C6H13NO. The standard InChI is InChI=1S/C6H13NO/c1-3-6(7-2)4-5-8/h5-7H,3-4H2,1-2H3/t6-/m1/s1. The molecule has 0 aromatic carbocycles. The van der Waals surface area contributed by atoms with E-state index < -0.39 is 0 Å². The molecule has 0 aliphatic rings. The third-order valence-electron chi connectivity index (χ3n) is 1.28. The number of hydrogen-bond acceptors (Lipinski definition) is 2. The summed E-state index contributed by atoms with van der Waals surface area (Å²) < 4.78 is 0. The smallest absolute Gasteiger partial charge is 0.121 e. The van der Waals surface area contributed by atoms with Crippen LogP contribution in [0.3, 0.4) is 0 Å². The lowest BCUT2D eigenvalue weighted by Crippen LogP contribution is -2.24. The maximum Gasteiger partial charge on any atom is 0.121 e. The number of carbonyl (C=O) groups is 1. The van der Waals surface area contributed by atoms with Crippen LogP contribution in [0.4, 0.5) is 0 Å². The van der Waals surface area contributed by atoms with E-state index in [9.17, 15) is 4.79 Å². The van der Waals surface area contributed by atoms with Crippen LogP contribution in [-0.4, -0.2) is 19.4 Å². The van der Waals surface area contributed by atoms with Gasteiger partial charge in [-0.05, 0) is 13.5 Å². The van der Waals surface area contributed by atoms with E-state index in [1.165, 1.54) is 0 Å². The van der Waals surface area contributed by atoms with Crippen molar-refractivity contribution in [2.45, 2.75) is 25.8 Å². The number of rotatable bonds is 4. The van der Waals surface area contributed by atoms with Gasteiger partial charge >= 0.3 is 0 Å². The molecular weight excluding hydrogens is 102 g/mol. The first-order valence-electron chi connectivity index (χ1n) is 2.96. The van der Waals surface area contributed by atoms with Gasteiger partial charge in [-0.25, -0.2) is 0 Å². The summed E-state index contributed by atoms with van der Waals surface area (Å²) in [6.45, 7) is 2.06. The Hall–Kier alpha value is -0.370. The lowest BCUT2D eigenvalue weighted by Gasteiger charge is -2.07. The molecule has 0 spiro atoms. The van der Waals surface area contributed by atoms with E-state index in [0.717, 1.165) is 12.7 Å². The molecule has 0 saturated heterocycles. The fourth-order valence-corrected chi connectivity index (χ4v) is 0.605. The second-order valence-corrected chi connectivity index (χ2v) is 1.80. The van der Waals surface area contributed by atoms with Gasteiger partial charge in [-0.2, -0.15) is 0 Å². The molecule has 0 aliphatic carbocycles. The van der Waals surface area contributed by atoms with E-state index in [4.69, 9.17) is 0 Å². The summed E-state index contributed by atoms with van der Waals surface area (Å²) in [5.74, 6) is 0. The minimum absolute atomic E-state index is 0.382. The van der Waals surface area contributed by atoms with Gasteiger partial charge in [0.2, 0.25) is 0 Å². The minimum atomic E-state index is 0.382. The third kappa shape index (κ3) is 2.75. The van der Waals surface area contributed by atoms with Gasteiger partial charge in [-0.3, -0.25) is 0 Å². The molecule has 1 N–H and O–H groups in total. The summed E-state index contributed by atoms with van der Waals surface area (Å²) >= 11 is 0. The Morgan fingerprint density at radius 2 is 2.38 bits per heavy atom. The van der Waals surface area contributed by atoms with Crippen LogP contribution in [0.5, 0.6) is 0 Å². The number of aldehydes is 1. The van der Waals surface area contributed by atoms with Crippen molar-refractivity contribution >= 4 is 6.29 Å². The maximum atomic E-state index is 9.89. The SMILES string of the molecule is CC[C@H](CC=O)NC. The Balaban J connectivity index is 3.20. The van der Waals surface area contributed by atoms with Crippen LogP contribution in [0.1, 0.15) is 19.8 Å². The van der Waals surface area contributed by atoms with Crippen molar-refractivity contribution in [2.75, 3.05) is 7.05 Å². The van der Waals surface area contributed by atoms with Crippen LogP contribution in [0.25, 0.3) is 0 Å². The van der Waals surface area contributed by atoms with Crippen molar-refractivity contribution < 1.29 is 4.79 Å². The molecule has 0 unspecified atom stereocenters. The molecule has 2 nitrogen and oxygen atoms in total. The van der Waals surface area contributed by atoms with Gasteiger partial charge in [-0.1, -0.05) is 6.92 Å². The van der Waals surface area contributed by atoms with Gasteiger partial charge in [0.1, 0.15) is 6.29 Å². The van der Waals surface area contributed by atoms with E-state index >= 15 is 0 Å². The Morgan fingerprint density at radius 1 is 1.75 bits per heavy atom. The predicted molar refractivity (Wildman–Crippen MR) is 33.8 cm³/mol. The second kappa shape index (κ2) is 4.78. The number of carbonyl (C=O) groups excluding carboxylic acids is 1. The molecule has 0 rings (SSSR count). The summed E-state index contributed by atoms with van der Waals surface area (Å²) in [5, 5.41) is 3.02. The van der Waals surface area contributed by atoms with Crippen LogP contribution in [0.2, 0.25) is 0 Å². The lowest BCUT2D eigenvalue weighted by atomic mass is 10.2. The van der Waals surface area contributed by atoms with Crippen molar-refractivity contribution in [3.63, 3.8) is 0 Å². The molecule has 0 heterocycles. The van der Waals surface area contributed by atoms with Crippen LogP contribution in [-0.2, 0) is 4.79 Å². The summed E-state index contributed by atoms with van der Waals surface area (Å²) in [4.78, 5) is 9.89. The molecule has 0 aromatic heterocycles. The highest BCUT2D eigenvalue weighted by Crippen LogP contribution is 1.91.